The molecule has 1 heterocycles. The average Bonchev–Trinajstić information content (AvgIpc) is 2.87. The fourth-order valence-corrected chi connectivity index (χ4v) is 1.87. The van der Waals surface area contributed by atoms with Gasteiger partial charge in [0.25, 0.3) is 5.91 Å². The number of amides is 1. The molecule has 0 aliphatic heterocycles. The molecule has 1 N–H and O–H groups in total. The van der Waals surface area contributed by atoms with Crippen LogP contribution < -0.4 is 5.32 Å². The molecule has 1 aromatic heterocycles. The Morgan fingerprint density at radius 1 is 1.25 bits per heavy atom. The van der Waals surface area contributed by atoms with Gasteiger partial charge in [0, 0.05) is 30.0 Å². The molecule has 0 unspecified atom stereocenters. The van der Waals surface area contributed by atoms with E-state index >= 15 is 0 Å². The quantitative estimate of drug-likeness (QED) is 0.915. The number of nitrogens with zero attached hydrogens (tertiary/aromatic N) is 1. The number of benzene rings is 1. The maximum Gasteiger partial charge on any atom is 0.253 e. The third kappa shape index (κ3) is 3.26. The van der Waals surface area contributed by atoms with Crippen LogP contribution in [0.5, 0.6) is 0 Å². The number of hydrogen-bond donors (Lipinski definition) is 1. The van der Waals surface area contributed by atoms with Gasteiger partial charge in [-0.25, -0.2) is 4.39 Å². The lowest BCUT2D eigenvalue weighted by atomic mass is 10.1. The Labute approximate surface area is 118 Å². The molecular formula is C16H19FN2O. The highest BCUT2D eigenvalue weighted by atomic mass is 19.1. The number of hydrogen-bond acceptors (Lipinski definition) is 1. The second kappa shape index (κ2) is 5.49. The molecule has 0 saturated heterocycles. The first-order valence-corrected chi connectivity index (χ1v) is 6.58. The van der Waals surface area contributed by atoms with Crippen LogP contribution in [0.15, 0.2) is 42.7 Å². The van der Waals surface area contributed by atoms with Crippen LogP contribution >= 0.6 is 0 Å². The predicted octanol–water partition coefficient (Wildman–Crippen LogP) is 3.31. The molecular weight excluding hydrogens is 255 g/mol. The number of rotatable bonds is 3. The van der Waals surface area contributed by atoms with E-state index in [4.69, 9.17) is 0 Å². The molecule has 2 aromatic rings. The van der Waals surface area contributed by atoms with Crippen LogP contribution in [0.1, 0.15) is 36.7 Å². The zero-order chi connectivity index (χ0) is 14.8. The lowest BCUT2D eigenvalue weighted by Crippen LogP contribution is -2.24. The van der Waals surface area contributed by atoms with Crippen molar-refractivity contribution in [2.75, 3.05) is 0 Å². The standard InChI is InChI=1S/C16H19FN2O/c1-16(2,3)19-9-8-13(11-19)15(20)18-10-12-6-4-5-7-14(12)17/h4-9,11H,10H2,1-3H3,(H,18,20). The second-order valence-electron chi connectivity index (χ2n) is 5.75. The summed E-state index contributed by atoms with van der Waals surface area (Å²) in [6.07, 6.45) is 3.68. The summed E-state index contributed by atoms with van der Waals surface area (Å²) in [4.78, 5) is 12.0. The number of aromatic nitrogens is 1. The van der Waals surface area contributed by atoms with Gasteiger partial charge in [0.15, 0.2) is 0 Å². The summed E-state index contributed by atoms with van der Waals surface area (Å²) in [6, 6.07) is 8.19. The number of halogens is 1. The maximum absolute atomic E-state index is 13.4. The fourth-order valence-electron chi connectivity index (χ4n) is 1.87. The Morgan fingerprint density at radius 3 is 2.55 bits per heavy atom. The second-order valence-corrected chi connectivity index (χ2v) is 5.75. The third-order valence-electron chi connectivity index (χ3n) is 3.13. The van der Waals surface area contributed by atoms with Crippen molar-refractivity contribution in [3.63, 3.8) is 0 Å². The van der Waals surface area contributed by atoms with Crippen molar-refractivity contribution in [1.29, 1.82) is 0 Å². The first-order chi connectivity index (χ1) is 9.38. The summed E-state index contributed by atoms with van der Waals surface area (Å²) < 4.78 is 15.4. The molecule has 106 valence electrons. The SMILES string of the molecule is CC(C)(C)n1ccc(C(=O)NCc2ccccc2F)c1. The van der Waals surface area contributed by atoms with Crippen LogP contribution in [0, 0.1) is 5.82 Å². The van der Waals surface area contributed by atoms with E-state index in [0.717, 1.165) is 0 Å². The summed E-state index contributed by atoms with van der Waals surface area (Å²) in [6.45, 7) is 6.38. The van der Waals surface area contributed by atoms with E-state index < -0.39 is 0 Å². The normalized spacial score (nSPS) is 11.4. The fraction of sp³-hybridized carbons (Fsp3) is 0.312. The third-order valence-corrected chi connectivity index (χ3v) is 3.13. The first-order valence-electron chi connectivity index (χ1n) is 6.58. The Hall–Kier alpha value is -2.10. The Morgan fingerprint density at radius 2 is 1.95 bits per heavy atom. The van der Waals surface area contributed by atoms with Crippen molar-refractivity contribution < 1.29 is 9.18 Å². The summed E-state index contributed by atoms with van der Waals surface area (Å²) in [7, 11) is 0. The van der Waals surface area contributed by atoms with E-state index in [-0.39, 0.29) is 23.8 Å². The van der Waals surface area contributed by atoms with Crippen LogP contribution in [0.25, 0.3) is 0 Å². The zero-order valence-electron chi connectivity index (χ0n) is 12.0. The zero-order valence-corrected chi connectivity index (χ0v) is 12.0. The molecule has 0 atom stereocenters. The summed E-state index contributed by atoms with van der Waals surface area (Å²) in [5, 5.41) is 2.73. The van der Waals surface area contributed by atoms with E-state index in [1.54, 1.807) is 30.5 Å². The molecule has 0 fully saturated rings. The van der Waals surface area contributed by atoms with E-state index in [1.807, 2.05) is 10.8 Å². The van der Waals surface area contributed by atoms with Gasteiger partial charge in [0.2, 0.25) is 0 Å². The molecule has 0 bridgehead atoms. The highest BCUT2D eigenvalue weighted by molar-refractivity contribution is 5.94. The van der Waals surface area contributed by atoms with Crippen molar-refractivity contribution in [3.8, 4) is 0 Å². The van der Waals surface area contributed by atoms with Crippen LogP contribution in [0.3, 0.4) is 0 Å². The van der Waals surface area contributed by atoms with E-state index in [2.05, 4.69) is 26.1 Å². The van der Waals surface area contributed by atoms with Gasteiger partial charge in [-0.05, 0) is 32.9 Å². The number of carbonyl (C=O) groups is 1. The highest BCUT2D eigenvalue weighted by Crippen LogP contribution is 2.15. The molecule has 20 heavy (non-hydrogen) atoms. The monoisotopic (exact) mass is 274 g/mol. The number of carbonyl (C=O) groups excluding carboxylic acids is 1. The molecule has 0 saturated carbocycles. The minimum atomic E-state index is -0.305. The van der Waals surface area contributed by atoms with Gasteiger partial charge in [-0.3, -0.25) is 4.79 Å². The van der Waals surface area contributed by atoms with Crippen molar-refractivity contribution in [2.24, 2.45) is 0 Å². The van der Waals surface area contributed by atoms with Gasteiger partial charge < -0.3 is 9.88 Å². The lowest BCUT2D eigenvalue weighted by Gasteiger charge is -2.20. The molecule has 0 aliphatic carbocycles. The predicted molar refractivity (Wildman–Crippen MR) is 77.0 cm³/mol. The topological polar surface area (TPSA) is 34.0 Å². The summed E-state index contributed by atoms with van der Waals surface area (Å²) >= 11 is 0. The van der Waals surface area contributed by atoms with Crippen LogP contribution in [0.2, 0.25) is 0 Å². The molecule has 3 nitrogen and oxygen atoms in total. The Kier molecular flexibility index (Phi) is 3.93. The van der Waals surface area contributed by atoms with Gasteiger partial charge in [0.05, 0.1) is 5.56 Å². The molecule has 1 aromatic carbocycles. The molecule has 0 spiro atoms. The molecule has 0 radical (unpaired) electrons. The molecule has 1 amide bonds. The van der Waals surface area contributed by atoms with Gasteiger partial charge in [-0.15, -0.1) is 0 Å². The molecule has 2 rings (SSSR count). The van der Waals surface area contributed by atoms with Crippen molar-refractivity contribution in [2.45, 2.75) is 32.9 Å². The smallest absolute Gasteiger partial charge is 0.253 e. The Bertz CT molecular complexity index is 611. The van der Waals surface area contributed by atoms with E-state index in [0.29, 0.717) is 11.1 Å². The average molecular weight is 274 g/mol. The van der Waals surface area contributed by atoms with Crippen molar-refractivity contribution >= 4 is 5.91 Å². The van der Waals surface area contributed by atoms with Gasteiger partial charge >= 0.3 is 0 Å². The largest absolute Gasteiger partial charge is 0.348 e. The minimum absolute atomic E-state index is 0.0654. The van der Waals surface area contributed by atoms with Crippen molar-refractivity contribution in [3.05, 3.63) is 59.7 Å². The van der Waals surface area contributed by atoms with Crippen molar-refractivity contribution in [1.82, 2.24) is 9.88 Å². The minimum Gasteiger partial charge on any atom is -0.348 e. The van der Waals surface area contributed by atoms with E-state index in [1.165, 1.54) is 6.07 Å². The highest BCUT2D eigenvalue weighted by Gasteiger charge is 2.15. The summed E-state index contributed by atoms with van der Waals surface area (Å²) in [5.41, 5.74) is 0.997. The lowest BCUT2D eigenvalue weighted by molar-refractivity contribution is 0.0950. The molecule has 0 aliphatic rings. The maximum atomic E-state index is 13.4. The summed E-state index contributed by atoms with van der Waals surface area (Å²) in [5.74, 6) is -0.503. The number of nitrogens with one attached hydrogen (secondary N) is 1. The first kappa shape index (κ1) is 14.3. The van der Waals surface area contributed by atoms with E-state index in [9.17, 15) is 9.18 Å². The van der Waals surface area contributed by atoms with Crippen LogP contribution in [-0.2, 0) is 12.1 Å². The molecule has 4 heteroatoms. The van der Waals surface area contributed by atoms with Gasteiger partial charge in [0.1, 0.15) is 5.82 Å². The van der Waals surface area contributed by atoms with Crippen LogP contribution in [-0.4, -0.2) is 10.5 Å². The van der Waals surface area contributed by atoms with Gasteiger partial charge in [-0.1, -0.05) is 18.2 Å². The van der Waals surface area contributed by atoms with Gasteiger partial charge in [-0.2, -0.15) is 0 Å². The van der Waals surface area contributed by atoms with Crippen LogP contribution in [0.4, 0.5) is 4.39 Å². The Balaban J connectivity index is 2.02.